The fourth-order valence-corrected chi connectivity index (χ4v) is 2.67. The molecule has 0 saturated carbocycles. The number of ether oxygens (including phenoxy) is 1. The summed E-state index contributed by atoms with van der Waals surface area (Å²) in [6.45, 7) is 2.60. The van der Waals surface area contributed by atoms with Crippen molar-refractivity contribution in [2.75, 3.05) is 13.7 Å². The third-order valence-corrected chi connectivity index (χ3v) is 3.49. The predicted octanol–water partition coefficient (Wildman–Crippen LogP) is 4.30. The zero-order valence-corrected chi connectivity index (χ0v) is 13.1. The highest BCUT2D eigenvalue weighted by atomic mass is 79.9. The van der Waals surface area contributed by atoms with E-state index in [0.29, 0.717) is 6.61 Å². The van der Waals surface area contributed by atoms with E-state index in [1.165, 1.54) is 6.07 Å². The molecule has 20 heavy (non-hydrogen) atoms. The van der Waals surface area contributed by atoms with Crippen molar-refractivity contribution in [2.24, 2.45) is 0 Å². The Bertz CT molecular complexity index is 551. The molecule has 1 unspecified atom stereocenters. The molecular weight excluding hydrogens is 321 g/mol. The number of benzene rings is 2. The van der Waals surface area contributed by atoms with Gasteiger partial charge in [0.25, 0.3) is 0 Å². The van der Waals surface area contributed by atoms with Gasteiger partial charge in [0.05, 0.1) is 12.6 Å². The van der Waals surface area contributed by atoms with Crippen molar-refractivity contribution >= 4 is 15.9 Å². The Balaban J connectivity index is 2.31. The van der Waals surface area contributed by atoms with Gasteiger partial charge in [0.15, 0.2) is 0 Å². The van der Waals surface area contributed by atoms with Crippen LogP contribution in [0.1, 0.15) is 24.1 Å². The van der Waals surface area contributed by atoms with Crippen LogP contribution < -0.4 is 10.1 Å². The van der Waals surface area contributed by atoms with E-state index in [-0.39, 0.29) is 11.9 Å². The van der Waals surface area contributed by atoms with E-state index in [9.17, 15) is 4.39 Å². The lowest BCUT2D eigenvalue weighted by Crippen LogP contribution is -2.17. The summed E-state index contributed by atoms with van der Waals surface area (Å²) in [5, 5.41) is 3.21. The van der Waals surface area contributed by atoms with Crippen LogP contribution in [0.25, 0.3) is 0 Å². The normalized spacial score (nSPS) is 12.2. The van der Waals surface area contributed by atoms with Gasteiger partial charge in [-0.25, -0.2) is 4.39 Å². The summed E-state index contributed by atoms with van der Waals surface area (Å²) in [4.78, 5) is 0. The van der Waals surface area contributed by atoms with Crippen LogP contribution in [0.15, 0.2) is 46.9 Å². The summed E-state index contributed by atoms with van der Waals surface area (Å²) in [5.41, 5.74) is 1.94. The number of nitrogens with one attached hydrogen (secondary N) is 1. The highest BCUT2D eigenvalue weighted by Crippen LogP contribution is 2.26. The third kappa shape index (κ3) is 3.58. The van der Waals surface area contributed by atoms with Crippen LogP contribution >= 0.6 is 15.9 Å². The minimum absolute atomic E-state index is 0.0577. The second-order valence-corrected chi connectivity index (χ2v) is 5.34. The SMILES string of the molecule is CCOc1ccc(C(NC)c2cc(F)cc(Br)c2)cc1. The minimum atomic E-state index is -0.249. The summed E-state index contributed by atoms with van der Waals surface area (Å²) in [6.07, 6.45) is 0. The quantitative estimate of drug-likeness (QED) is 0.878. The zero-order chi connectivity index (χ0) is 14.5. The van der Waals surface area contributed by atoms with Crippen molar-refractivity contribution in [3.63, 3.8) is 0 Å². The van der Waals surface area contributed by atoms with Crippen LogP contribution in [-0.4, -0.2) is 13.7 Å². The van der Waals surface area contributed by atoms with Crippen molar-refractivity contribution in [3.05, 3.63) is 63.9 Å². The van der Waals surface area contributed by atoms with Crippen LogP contribution in [0.5, 0.6) is 5.75 Å². The van der Waals surface area contributed by atoms with E-state index in [2.05, 4.69) is 21.2 Å². The molecular formula is C16H17BrFNO. The lowest BCUT2D eigenvalue weighted by Gasteiger charge is -2.18. The van der Waals surface area contributed by atoms with Crippen LogP contribution in [-0.2, 0) is 0 Å². The van der Waals surface area contributed by atoms with Crippen LogP contribution in [0.2, 0.25) is 0 Å². The molecule has 0 saturated heterocycles. The third-order valence-electron chi connectivity index (χ3n) is 3.03. The maximum Gasteiger partial charge on any atom is 0.124 e. The second kappa shape index (κ2) is 6.86. The molecule has 2 rings (SSSR count). The Kier molecular flexibility index (Phi) is 5.15. The highest BCUT2D eigenvalue weighted by molar-refractivity contribution is 9.10. The first-order chi connectivity index (χ1) is 9.63. The molecule has 106 valence electrons. The van der Waals surface area contributed by atoms with Crippen molar-refractivity contribution < 1.29 is 9.13 Å². The van der Waals surface area contributed by atoms with E-state index in [0.717, 1.165) is 21.3 Å². The van der Waals surface area contributed by atoms with Gasteiger partial charge in [0.1, 0.15) is 11.6 Å². The van der Waals surface area contributed by atoms with Gasteiger partial charge >= 0.3 is 0 Å². The summed E-state index contributed by atoms with van der Waals surface area (Å²) in [6, 6.07) is 12.7. The monoisotopic (exact) mass is 337 g/mol. The molecule has 0 aliphatic heterocycles. The molecule has 0 spiro atoms. The summed E-state index contributed by atoms with van der Waals surface area (Å²) in [5.74, 6) is 0.590. The maximum absolute atomic E-state index is 13.5. The maximum atomic E-state index is 13.5. The van der Waals surface area contributed by atoms with Crippen LogP contribution in [0.3, 0.4) is 0 Å². The molecule has 0 radical (unpaired) electrons. The zero-order valence-electron chi connectivity index (χ0n) is 11.5. The van der Waals surface area contributed by atoms with E-state index >= 15 is 0 Å². The fraction of sp³-hybridized carbons (Fsp3) is 0.250. The fourth-order valence-electron chi connectivity index (χ4n) is 2.19. The largest absolute Gasteiger partial charge is 0.494 e. The molecule has 0 fully saturated rings. The molecule has 0 bridgehead atoms. The molecule has 1 atom stereocenters. The van der Waals surface area contributed by atoms with Gasteiger partial charge < -0.3 is 10.1 Å². The Morgan fingerprint density at radius 2 is 1.85 bits per heavy atom. The van der Waals surface area contributed by atoms with Crippen LogP contribution in [0, 0.1) is 5.82 Å². The molecule has 2 aromatic carbocycles. The smallest absolute Gasteiger partial charge is 0.124 e. The minimum Gasteiger partial charge on any atom is -0.494 e. The van der Waals surface area contributed by atoms with Crippen LogP contribution in [0.4, 0.5) is 4.39 Å². The highest BCUT2D eigenvalue weighted by Gasteiger charge is 2.13. The summed E-state index contributed by atoms with van der Waals surface area (Å²) < 4.78 is 19.7. The number of hydrogen-bond donors (Lipinski definition) is 1. The van der Waals surface area contributed by atoms with Crippen molar-refractivity contribution in [2.45, 2.75) is 13.0 Å². The lowest BCUT2D eigenvalue weighted by molar-refractivity contribution is 0.340. The van der Waals surface area contributed by atoms with E-state index in [1.54, 1.807) is 6.07 Å². The Hall–Kier alpha value is -1.39. The molecule has 2 nitrogen and oxygen atoms in total. The van der Waals surface area contributed by atoms with Crippen molar-refractivity contribution in [1.82, 2.24) is 5.32 Å². The van der Waals surface area contributed by atoms with Crippen molar-refractivity contribution in [1.29, 1.82) is 0 Å². The standard InChI is InChI=1S/C16H17BrFNO/c1-3-20-15-6-4-11(5-7-15)16(19-2)12-8-13(17)10-14(18)9-12/h4-10,16,19H,3H2,1-2H3. The Morgan fingerprint density at radius 3 is 2.40 bits per heavy atom. The van der Waals surface area contributed by atoms with Gasteiger partial charge in [-0.2, -0.15) is 0 Å². The van der Waals surface area contributed by atoms with Gasteiger partial charge in [-0.3, -0.25) is 0 Å². The van der Waals surface area contributed by atoms with Gasteiger partial charge in [-0.05, 0) is 55.4 Å². The van der Waals surface area contributed by atoms with Crippen molar-refractivity contribution in [3.8, 4) is 5.75 Å². The van der Waals surface area contributed by atoms with Gasteiger partial charge in [-0.1, -0.05) is 28.1 Å². The molecule has 4 heteroatoms. The number of hydrogen-bond acceptors (Lipinski definition) is 2. The first-order valence-electron chi connectivity index (χ1n) is 6.50. The molecule has 0 heterocycles. The molecule has 0 aromatic heterocycles. The predicted molar refractivity (Wildman–Crippen MR) is 82.6 cm³/mol. The number of rotatable bonds is 5. The molecule has 0 aliphatic carbocycles. The van der Waals surface area contributed by atoms with E-state index < -0.39 is 0 Å². The number of halogens is 2. The van der Waals surface area contributed by atoms with E-state index in [1.807, 2.05) is 44.3 Å². The molecule has 1 N–H and O–H groups in total. The first kappa shape index (κ1) is 15.0. The van der Waals surface area contributed by atoms with Gasteiger partial charge in [-0.15, -0.1) is 0 Å². The van der Waals surface area contributed by atoms with Gasteiger partial charge in [0, 0.05) is 4.47 Å². The topological polar surface area (TPSA) is 21.3 Å². The average Bonchev–Trinajstić information content (AvgIpc) is 2.41. The van der Waals surface area contributed by atoms with Gasteiger partial charge in [0.2, 0.25) is 0 Å². The Labute approximate surface area is 127 Å². The first-order valence-corrected chi connectivity index (χ1v) is 7.29. The molecule has 2 aromatic rings. The molecule has 0 amide bonds. The second-order valence-electron chi connectivity index (χ2n) is 4.43. The lowest BCUT2D eigenvalue weighted by atomic mass is 9.99. The summed E-state index contributed by atoms with van der Waals surface area (Å²) >= 11 is 3.33. The average molecular weight is 338 g/mol. The molecule has 0 aliphatic rings. The summed E-state index contributed by atoms with van der Waals surface area (Å²) in [7, 11) is 1.86. The van der Waals surface area contributed by atoms with E-state index in [4.69, 9.17) is 4.74 Å². The Morgan fingerprint density at radius 1 is 1.15 bits per heavy atom.